The summed E-state index contributed by atoms with van der Waals surface area (Å²) in [4.78, 5) is 25.6. The van der Waals surface area contributed by atoms with Gasteiger partial charge in [0.2, 0.25) is 0 Å². The molecule has 1 fully saturated rings. The molecule has 3 amide bonds. The number of carbonyl (C=O) groups excluding carboxylic acids is 2. The zero-order valence-corrected chi connectivity index (χ0v) is 14.7. The monoisotopic (exact) mass is 341 g/mol. The zero-order valence-electron chi connectivity index (χ0n) is 14.7. The highest BCUT2D eigenvalue weighted by atomic mass is 16.2. The van der Waals surface area contributed by atoms with Gasteiger partial charge >= 0.3 is 6.03 Å². The Morgan fingerprint density at radius 3 is 2.72 bits per heavy atom. The Morgan fingerprint density at radius 1 is 1.28 bits per heavy atom. The predicted molar refractivity (Wildman–Crippen MR) is 95.9 cm³/mol. The minimum absolute atomic E-state index is 0.0687. The van der Waals surface area contributed by atoms with Crippen molar-refractivity contribution in [2.45, 2.75) is 25.8 Å². The number of rotatable bonds is 5. The topological polar surface area (TPSA) is 79.3 Å². The summed E-state index contributed by atoms with van der Waals surface area (Å²) in [5.74, 6) is 0.992. The average molecular weight is 341 g/mol. The van der Waals surface area contributed by atoms with Gasteiger partial charge in [0, 0.05) is 38.0 Å². The van der Waals surface area contributed by atoms with E-state index in [0.29, 0.717) is 17.3 Å². The molecule has 3 rings (SSSR count). The highest BCUT2D eigenvalue weighted by molar-refractivity contribution is 5.94. The molecule has 1 atom stereocenters. The van der Waals surface area contributed by atoms with Crippen LogP contribution in [0.2, 0.25) is 0 Å². The third-order valence-electron chi connectivity index (χ3n) is 4.28. The highest BCUT2D eigenvalue weighted by Gasteiger charge is 2.28. The minimum atomic E-state index is -0.249. The Kier molecular flexibility index (Phi) is 4.74. The van der Waals surface area contributed by atoms with Gasteiger partial charge in [-0.25, -0.2) is 9.48 Å². The number of urea groups is 1. The van der Waals surface area contributed by atoms with Crippen molar-refractivity contribution in [2.75, 3.05) is 19.4 Å². The first-order valence-electron chi connectivity index (χ1n) is 8.39. The molecular weight excluding hydrogens is 318 g/mol. The molecule has 1 aromatic carbocycles. The Bertz CT molecular complexity index is 779. The van der Waals surface area contributed by atoms with Gasteiger partial charge in [0.25, 0.3) is 5.91 Å². The van der Waals surface area contributed by atoms with Crippen LogP contribution in [0.15, 0.2) is 36.5 Å². The fourth-order valence-corrected chi connectivity index (χ4v) is 2.65. The highest BCUT2D eigenvalue weighted by Crippen LogP contribution is 2.32. The number of aromatic nitrogens is 2. The molecule has 0 spiro atoms. The molecule has 0 bridgehead atoms. The molecule has 0 saturated heterocycles. The number of anilines is 1. The van der Waals surface area contributed by atoms with Crippen LogP contribution in [0.4, 0.5) is 10.6 Å². The number of nitrogens with zero attached hydrogens (tertiary/aromatic N) is 3. The molecule has 2 aromatic rings. The first-order valence-corrected chi connectivity index (χ1v) is 8.39. The number of amides is 3. The zero-order chi connectivity index (χ0) is 18.0. The summed E-state index contributed by atoms with van der Waals surface area (Å²) in [7, 11) is 3.43. The van der Waals surface area contributed by atoms with Gasteiger partial charge in [0.15, 0.2) is 5.82 Å². The van der Waals surface area contributed by atoms with Crippen molar-refractivity contribution in [3.05, 3.63) is 42.1 Å². The lowest BCUT2D eigenvalue weighted by molar-refractivity contribution is 0.0827. The molecule has 1 aromatic heterocycles. The molecule has 1 aliphatic rings. The second-order valence-electron chi connectivity index (χ2n) is 6.62. The van der Waals surface area contributed by atoms with Crippen molar-refractivity contribution in [2.24, 2.45) is 5.92 Å². The predicted octanol–water partition coefficient (Wildman–Crippen LogP) is 2.49. The van der Waals surface area contributed by atoms with Crippen molar-refractivity contribution in [1.29, 1.82) is 0 Å². The van der Waals surface area contributed by atoms with Gasteiger partial charge in [-0.05, 0) is 43.9 Å². The number of nitrogens with one attached hydrogen (secondary N) is 2. The van der Waals surface area contributed by atoms with Crippen LogP contribution < -0.4 is 10.6 Å². The van der Waals surface area contributed by atoms with E-state index in [9.17, 15) is 9.59 Å². The van der Waals surface area contributed by atoms with E-state index in [-0.39, 0.29) is 18.0 Å². The second kappa shape index (κ2) is 6.96. The van der Waals surface area contributed by atoms with Gasteiger partial charge in [-0.15, -0.1) is 5.10 Å². The van der Waals surface area contributed by atoms with E-state index in [1.807, 2.05) is 19.1 Å². The third kappa shape index (κ3) is 4.17. The van der Waals surface area contributed by atoms with Crippen LogP contribution in [-0.2, 0) is 0 Å². The van der Waals surface area contributed by atoms with Crippen LogP contribution in [0.5, 0.6) is 0 Å². The Labute approximate surface area is 147 Å². The van der Waals surface area contributed by atoms with Crippen LogP contribution >= 0.6 is 0 Å². The van der Waals surface area contributed by atoms with E-state index >= 15 is 0 Å². The first kappa shape index (κ1) is 17.0. The molecule has 0 unspecified atom stereocenters. The fraction of sp³-hybridized carbons (Fsp3) is 0.389. The minimum Gasteiger partial charge on any atom is -0.345 e. The summed E-state index contributed by atoms with van der Waals surface area (Å²) >= 11 is 0. The van der Waals surface area contributed by atoms with Gasteiger partial charge < -0.3 is 10.2 Å². The van der Waals surface area contributed by atoms with Crippen molar-refractivity contribution >= 4 is 17.8 Å². The van der Waals surface area contributed by atoms with Gasteiger partial charge in [-0.2, -0.15) is 0 Å². The molecule has 1 saturated carbocycles. The summed E-state index contributed by atoms with van der Waals surface area (Å²) in [6.07, 6.45) is 4.11. The number of carbonyl (C=O) groups is 2. The Morgan fingerprint density at radius 2 is 2.04 bits per heavy atom. The third-order valence-corrected chi connectivity index (χ3v) is 4.28. The first-order chi connectivity index (χ1) is 11.9. The van der Waals surface area contributed by atoms with E-state index in [4.69, 9.17) is 0 Å². The fourth-order valence-electron chi connectivity index (χ4n) is 2.65. The molecule has 2 N–H and O–H groups in total. The number of benzene rings is 1. The average Bonchev–Trinajstić information content (AvgIpc) is 3.34. The maximum absolute atomic E-state index is 12.1. The van der Waals surface area contributed by atoms with Gasteiger partial charge in [0.1, 0.15) is 0 Å². The molecule has 1 heterocycles. The molecule has 7 heteroatoms. The smallest absolute Gasteiger partial charge is 0.320 e. The van der Waals surface area contributed by atoms with Crippen LogP contribution in [0, 0.1) is 5.92 Å². The lowest BCUT2D eigenvalue weighted by atomic mass is 10.2. The number of hydrogen-bond donors (Lipinski definition) is 2. The summed E-state index contributed by atoms with van der Waals surface area (Å²) in [5, 5.41) is 10.0. The van der Waals surface area contributed by atoms with Gasteiger partial charge in [0.05, 0.1) is 5.69 Å². The van der Waals surface area contributed by atoms with Crippen LogP contribution in [0.25, 0.3) is 5.69 Å². The summed E-state index contributed by atoms with van der Waals surface area (Å²) in [6, 6.07) is 8.86. The standard InChI is InChI=1S/C18H23N5O2/c1-12(13-7-8-13)19-18(25)20-16-9-10-23(21-16)15-6-4-5-14(11-15)17(24)22(2)3/h4-6,9-13H,7-8H2,1-3H3,(H2,19,20,21,25)/t12-/m0/s1. The van der Waals surface area contributed by atoms with E-state index in [2.05, 4.69) is 15.7 Å². The molecular formula is C18H23N5O2. The molecule has 25 heavy (non-hydrogen) atoms. The molecule has 132 valence electrons. The number of hydrogen-bond acceptors (Lipinski definition) is 3. The van der Waals surface area contributed by atoms with Gasteiger partial charge in [-0.1, -0.05) is 6.07 Å². The SMILES string of the molecule is C[C@H](NC(=O)Nc1ccn(-c2cccc(C(=O)N(C)C)c2)n1)C1CC1. The van der Waals surface area contributed by atoms with Crippen LogP contribution in [-0.4, -0.2) is 46.8 Å². The van der Waals surface area contributed by atoms with Crippen LogP contribution in [0.1, 0.15) is 30.1 Å². The lowest BCUT2D eigenvalue weighted by Crippen LogP contribution is -2.37. The normalized spacial score (nSPS) is 14.7. The maximum atomic E-state index is 12.1. The van der Waals surface area contributed by atoms with E-state index < -0.39 is 0 Å². The summed E-state index contributed by atoms with van der Waals surface area (Å²) < 4.78 is 1.63. The van der Waals surface area contributed by atoms with Crippen molar-refractivity contribution in [1.82, 2.24) is 20.0 Å². The second-order valence-corrected chi connectivity index (χ2v) is 6.62. The van der Waals surface area contributed by atoms with E-state index in [0.717, 1.165) is 5.69 Å². The molecule has 7 nitrogen and oxygen atoms in total. The molecule has 0 aliphatic heterocycles. The van der Waals surface area contributed by atoms with E-state index in [1.165, 1.54) is 17.7 Å². The largest absolute Gasteiger partial charge is 0.345 e. The van der Waals surface area contributed by atoms with Crippen LogP contribution in [0.3, 0.4) is 0 Å². The molecule has 0 radical (unpaired) electrons. The quantitative estimate of drug-likeness (QED) is 0.877. The summed E-state index contributed by atoms with van der Waals surface area (Å²) in [5.41, 5.74) is 1.34. The van der Waals surface area contributed by atoms with E-state index in [1.54, 1.807) is 43.2 Å². The van der Waals surface area contributed by atoms with Crippen molar-refractivity contribution in [3.8, 4) is 5.69 Å². The molecule has 1 aliphatic carbocycles. The summed E-state index contributed by atoms with van der Waals surface area (Å²) in [6.45, 7) is 2.02. The lowest BCUT2D eigenvalue weighted by Gasteiger charge is -2.12. The van der Waals surface area contributed by atoms with Gasteiger partial charge in [-0.3, -0.25) is 10.1 Å². The Balaban J connectivity index is 1.67. The van der Waals surface area contributed by atoms with Crippen molar-refractivity contribution < 1.29 is 9.59 Å². The van der Waals surface area contributed by atoms with Crippen molar-refractivity contribution in [3.63, 3.8) is 0 Å². The maximum Gasteiger partial charge on any atom is 0.320 e. The Hall–Kier alpha value is -2.83.